The Balaban J connectivity index is 1.25. The zero-order valence-corrected chi connectivity index (χ0v) is 16.4. The first-order valence-corrected chi connectivity index (χ1v) is 10.5. The van der Waals surface area contributed by atoms with E-state index in [4.69, 9.17) is 5.73 Å². The number of piperidine rings is 2. The summed E-state index contributed by atoms with van der Waals surface area (Å²) in [6, 6.07) is 7.25. The normalized spacial score (nSPS) is 19.7. The van der Waals surface area contributed by atoms with Crippen molar-refractivity contribution in [1.29, 1.82) is 0 Å². The number of nitrogens with two attached hydrogens (primary N) is 1. The van der Waals surface area contributed by atoms with Gasteiger partial charge >= 0.3 is 0 Å². The molecule has 4 heterocycles. The summed E-state index contributed by atoms with van der Waals surface area (Å²) in [5, 5.41) is 3.15. The van der Waals surface area contributed by atoms with E-state index in [0.717, 1.165) is 32.5 Å². The molecule has 0 radical (unpaired) electrons. The second-order valence-electron chi connectivity index (χ2n) is 7.96. The molecule has 0 spiro atoms. The molecule has 0 bridgehead atoms. The molecule has 7 nitrogen and oxygen atoms in total. The minimum atomic E-state index is -0.106. The fourth-order valence-corrected chi connectivity index (χ4v) is 4.18. The molecule has 2 aliphatic heterocycles. The SMILES string of the molecule is Nc1ccc2nc(C(=O)NC3CCN(CCN4CCCCC4)CC3)ccc2n1. The van der Waals surface area contributed by atoms with E-state index in [9.17, 15) is 4.79 Å². The van der Waals surface area contributed by atoms with Crippen molar-refractivity contribution in [2.75, 3.05) is 45.0 Å². The maximum absolute atomic E-state index is 12.6. The van der Waals surface area contributed by atoms with Gasteiger partial charge in [-0.15, -0.1) is 0 Å². The summed E-state index contributed by atoms with van der Waals surface area (Å²) in [6.45, 7) is 6.93. The van der Waals surface area contributed by atoms with Gasteiger partial charge in [0.15, 0.2) is 0 Å². The van der Waals surface area contributed by atoms with E-state index in [1.54, 1.807) is 24.3 Å². The fraction of sp³-hybridized carbons (Fsp3) is 0.571. The number of aromatic nitrogens is 2. The van der Waals surface area contributed by atoms with Crippen LogP contribution in [0.15, 0.2) is 24.3 Å². The maximum Gasteiger partial charge on any atom is 0.270 e. The van der Waals surface area contributed by atoms with E-state index >= 15 is 0 Å². The van der Waals surface area contributed by atoms with Crippen molar-refractivity contribution in [2.24, 2.45) is 0 Å². The lowest BCUT2D eigenvalue weighted by molar-refractivity contribution is 0.0900. The number of nitrogen functional groups attached to an aromatic ring is 1. The molecule has 3 N–H and O–H groups in total. The van der Waals surface area contributed by atoms with Crippen LogP contribution in [0.4, 0.5) is 5.82 Å². The van der Waals surface area contributed by atoms with Crippen LogP contribution in [0.1, 0.15) is 42.6 Å². The molecule has 2 aliphatic rings. The molecule has 0 aliphatic carbocycles. The molecule has 2 aromatic rings. The van der Waals surface area contributed by atoms with E-state index in [1.807, 2.05) is 0 Å². The summed E-state index contributed by atoms with van der Waals surface area (Å²) in [5.74, 6) is 0.351. The molecule has 1 amide bonds. The molecule has 28 heavy (non-hydrogen) atoms. The quantitative estimate of drug-likeness (QED) is 0.821. The number of amides is 1. The van der Waals surface area contributed by atoms with Crippen molar-refractivity contribution in [3.63, 3.8) is 0 Å². The number of anilines is 1. The fourth-order valence-electron chi connectivity index (χ4n) is 4.18. The molecule has 2 fully saturated rings. The monoisotopic (exact) mass is 382 g/mol. The lowest BCUT2D eigenvalue weighted by Gasteiger charge is -2.34. The van der Waals surface area contributed by atoms with E-state index in [-0.39, 0.29) is 11.9 Å². The Labute approximate surface area is 166 Å². The third-order valence-corrected chi connectivity index (χ3v) is 5.90. The first kappa shape index (κ1) is 19.1. The molecule has 0 aromatic carbocycles. The highest BCUT2D eigenvalue weighted by atomic mass is 16.1. The predicted molar refractivity (Wildman–Crippen MR) is 111 cm³/mol. The maximum atomic E-state index is 12.6. The lowest BCUT2D eigenvalue weighted by Crippen LogP contribution is -2.47. The zero-order chi connectivity index (χ0) is 19.3. The summed E-state index contributed by atoms with van der Waals surface area (Å²) in [6.07, 6.45) is 6.08. The number of hydrogen-bond donors (Lipinski definition) is 2. The molecule has 0 saturated carbocycles. The number of pyridine rings is 2. The van der Waals surface area contributed by atoms with Crippen LogP contribution in [0.25, 0.3) is 11.0 Å². The Morgan fingerprint density at radius 3 is 2.32 bits per heavy atom. The molecule has 0 unspecified atom stereocenters. The minimum absolute atomic E-state index is 0.106. The molecule has 7 heteroatoms. The van der Waals surface area contributed by atoms with Crippen molar-refractivity contribution in [1.82, 2.24) is 25.1 Å². The highest BCUT2D eigenvalue weighted by molar-refractivity contribution is 5.94. The van der Waals surface area contributed by atoms with Crippen molar-refractivity contribution in [2.45, 2.75) is 38.1 Å². The first-order chi connectivity index (χ1) is 13.7. The zero-order valence-electron chi connectivity index (χ0n) is 16.4. The largest absolute Gasteiger partial charge is 0.384 e. The van der Waals surface area contributed by atoms with Crippen molar-refractivity contribution >= 4 is 22.8 Å². The number of nitrogens with zero attached hydrogens (tertiary/aromatic N) is 4. The first-order valence-electron chi connectivity index (χ1n) is 10.5. The third kappa shape index (κ3) is 4.77. The summed E-state index contributed by atoms with van der Waals surface area (Å²) >= 11 is 0. The van der Waals surface area contributed by atoms with Crippen LogP contribution in [-0.4, -0.2) is 71.0 Å². The second-order valence-corrected chi connectivity index (χ2v) is 7.96. The summed E-state index contributed by atoms with van der Waals surface area (Å²) < 4.78 is 0. The average Bonchev–Trinajstić information content (AvgIpc) is 2.73. The van der Waals surface area contributed by atoms with Gasteiger partial charge in [0.05, 0.1) is 11.0 Å². The van der Waals surface area contributed by atoms with Crippen LogP contribution in [0.3, 0.4) is 0 Å². The van der Waals surface area contributed by atoms with E-state index < -0.39 is 0 Å². The number of rotatable bonds is 5. The standard InChI is InChI=1S/C21H30N6O/c22-20-7-6-17-18(25-20)4-5-19(24-17)21(28)23-16-8-12-27(13-9-16)15-14-26-10-2-1-3-11-26/h4-7,16H,1-3,8-15H2,(H2,22,25)(H,23,28). The van der Waals surface area contributed by atoms with Crippen LogP contribution in [0.2, 0.25) is 0 Å². The van der Waals surface area contributed by atoms with Gasteiger partial charge in [-0.25, -0.2) is 9.97 Å². The number of hydrogen-bond acceptors (Lipinski definition) is 6. The Hall–Kier alpha value is -2.25. The van der Waals surface area contributed by atoms with Gasteiger partial charge in [-0.2, -0.15) is 0 Å². The predicted octanol–water partition coefficient (Wildman–Crippen LogP) is 1.89. The lowest BCUT2D eigenvalue weighted by atomic mass is 10.0. The minimum Gasteiger partial charge on any atom is -0.384 e. The Morgan fingerprint density at radius 1 is 0.929 bits per heavy atom. The van der Waals surface area contributed by atoms with Crippen molar-refractivity contribution in [3.8, 4) is 0 Å². The Bertz CT molecular complexity index is 812. The van der Waals surface area contributed by atoms with Gasteiger partial charge in [-0.3, -0.25) is 4.79 Å². The molecule has 150 valence electrons. The summed E-state index contributed by atoms with van der Waals surface area (Å²) in [5.41, 5.74) is 7.53. The van der Waals surface area contributed by atoms with Gasteiger partial charge in [-0.1, -0.05) is 6.42 Å². The van der Waals surface area contributed by atoms with E-state index in [1.165, 1.54) is 38.9 Å². The Morgan fingerprint density at radius 2 is 1.57 bits per heavy atom. The highest BCUT2D eigenvalue weighted by Crippen LogP contribution is 2.15. The van der Waals surface area contributed by atoms with Gasteiger partial charge in [0.25, 0.3) is 5.91 Å². The molecule has 2 saturated heterocycles. The summed E-state index contributed by atoms with van der Waals surface area (Å²) in [4.78, 5) is 26.4. The van der Waals surface area contributed by atoms with Gasteiger partial charge in [-0.05, 0) is 63.0 Å². The van der Waals surface area contributed by atoms with Gasteiger partial charge < -0.3 is 20.9 Å². The summed E-state index contributed by atoms with van der Waals surface area (Å²) in [7, 11) is 0. The molecular formula is C21H30N6O. The van der Waals surface area contributed by atoms with Crippen LogP contribution in [0.5, 0.6) is 0 Å². The van der Waals surface area contributed by atoms with Gasteiger partial charge in [0.1, 0.15) is 11.5 Å². The van der Waals surface area contributed by atoms with Crippen LogP contribution < -0.4 is 11.1 Å². The van der Waals surface area contributed by atoms with Crippen molar-refractivity contribution < 1.29 is 4.79 Å². The average molecular weight is 383 g/mol. The van der Waals surface area contributed by atoms with Crippen molar-refractivity contribution in [3.05, 3.63) is 30.0 Å². The van der Waals surface area contributed by atoms with Gasteiger partial charge in [0.2, 0.25) is 0 Å². The number of fused-ring (bicyclic) bond motifs is 1. The second kappa shape index (κ2) is 8.84. The molecular weight excluding hydrogens is 352 g/mol. The third-order valence-electron chi connectivity index (χ3n) is 5.90. The molecule has 4 rings (SSSR count). The Kier molecular flexibility index (Phi) is 6.02. The van der Waals surface area contributed by atoms with Crippen LogP contribution in [0, 0.1) is 0 Å². The topological polar surface area (TPSA) is 87.4 Å². The van der Waals surface area contributed by atoms with Crippen LogP contribution >= 0.6 is 0 Å². The molecule has 0 atom stereocenters. The number of likely N-dealkylation sites (tertiary alicyclic amines) is 2. The number of carbonyl (C=O) groups excluding carboxylic acids is 1. The van der Waals surface area contributed by atoms with E-state index in [2.05, 4.69) is 25.1 Å². The van der Waals surface area contributed by atoms with E-state index in [0.29, 0.717) is 22.5 Å². The van der Waals surface area contributed by atoms with Crippen LogP contribution in [-0.2, 0) is 0 Å². The highest BCUT2D eigenvalue weighted by Gasteiger charge is 2.22. The molecule has 2 aromatic heterocycles. The number of nitrogens with one attached hydrogen (secondary N) is 1. The smallest absolute Gasteiger partial charge is 0.270 e. The van der Waals surface area contributed by atoms with Gasteiger partial charge in [0, 0.05) is 32.2 Å². The number of carbonyl (C=O) groups is 1.